The normalized spacial score (nSPS) is 15.1. The van der Waals surface area contributed by atoms with Crippen LogP contribution in [0.2, 0.25) is 0 Å². The summed E-state index contributed by atoms with van der Waals surface area (Å²) < 4.78 is 441. The van der Waals surface area contributed by atoms with Gasteiger partial charge < -0.3 is 10.1 Å². The highest BCUT2D eigenvalue weighted by Gasteiger charge is 3.01. The van der Waals surface area contributed by atoms with Gasteiger partial charge in [-0.2, -0.15) is 146 Å². The predicted octanol–water partition coefficient (Wildman–Crippen LogP) is 11.1. The molecule has 0 atom stereocenters. The first-order valence-electron chi connectivity index (χ1n) is 15.2. The van der Waals surface area contributed by atoms with Gasteiger partial charge >= 0.3 is 95.1 Å². The molecule has 0 saturated heterocycles. The van der Waals surface area contributed by atoms with E-state index in [1.165, 1.54) is 0 Å². The Hall–Kier alpha value is -5.25. The molecule has 1 aromatic carbocycles. The first kappa shape index (κ1) is 59.8. The van der Waals surface area contributed by atoms with Gasteiger partial charge in [0, 0.05) is 6.92 Å². The number of alkyl halides is 31. The lowest BCUT2D eigenvalue weighted by molar-refractivity contribution is -0.489. The fourth-order valence-electron chi connectivity index (χ4n) is 4.65. The molecule has 1 amide bonds. The Balaban J connectivity index is 4.34. The highest BCUT2D eigenvalue weighted by Crippen LogP contribution is 2.70. The SMILES string of the molecule is CC(=O)OCNC(=O)c1c(N=C=O)c(C)cc(N=C=O)c1C(F)(F)C(F)(F)C(F)(F)C(F)(F)C(F)(F)C(F)(F)C(F)(F)C(F)(F)C(F)(F)C(F)(F)C(F)(F)C(F)(F)C(F)(F)C(F)(F)C(F)(F)F. The number of nitrogens with one attached hydrogen (secondary N) is 1. The second-order valence-corrected chi connectivity index (χ2v) is 12.5. The zero-order valence-corrected chi connectivity index (χ0v) is 30.4. The average Bonchev–Trinajstić information content (AvgIpc) is 3.13. The molecule has 39 heteroatoms. The number of benzene rings is 1. The van der Waals surface area contributed by atoms with E-state index in [1.807, 2.05) is 0 Å². The number of aliphatic imine (C=N–C) groups is 2. The number of nitrogens with zero attached hydrogens (tertiary/aromatic N) is 2. The van der Waals surface area contributed by atoms with Gasteiger partial charge in [0.2, 0.25) is 12.2 Å². The molecule has 0 heterocycles. The summed E-state index contributed by atoms with van der Waals surface area (Å²) in [5, 5.41) is 1.08. The van der Waals surface area contributed by atoms with Gasteiger partial charge in [-0.15, -0.1) is 0 Å². The van der Waals surface area contributed by atoms with Crippen LogP contribution in [0.3, 0.4) is 0 Å². The third kappa shape index (κ3) is 7.92. The van der Waals surface area contributed by atoms with Crippen molar-refractivity contribution in [3.05, 3.63) is 22.8 Å². The molecular formula is C28H10F31N3O5. The average molecular weight is 1060 g/mol. The minimum atomic E-state index is -10.3. The van der Waals surface area contributed by atoms with Crippen molar-refractivity contribution in [2.75, 3.05) is 6.73 Å². The van der Waals surface area contributed by atoms with Crippen LogP contribution in [0.15, 0.2) is 16.1 Å². The number of halogens is 31. The zero-order chi connectivity index (χ0) is 54.2. The van der Waals surface area contributed by atoms with Crippen LogP contribution in [0.1, 0.15) is 28.4 Å². The summed E-state index contributed by atoms with van der Waals surface area (Å²) in [6, 6.07) is -0.386. The molecule has 8 nitrogen and oxygen atoms in total. The third-order valence-corrected chi connectivity index (χ3v) is 8.32. The number of carbonyl (C=O) groups is 2. The van der Waals surface area contributed by atoms with Crippen molar-refractivity contribution in [3.8, 4) is 0 Å². The second-order valence-electron chi connectivity index (χ2n) is 12.5. The van der Waals surface area contributed by atoms with Crippen LogP contribution in [-0.2, 0) is 25.0 Å². The Morgan fingerprint density at radius 1 is 0.493 bits per heavy atom. The summed E-state index contributed by atoms with van der Waals surface area (Å²) in [6.07, 6.45) is -7.97. The summed E-state index contributed by atoms with van der Waals surface area (Å²) in [4.78, 5) is 50.0. The number of amides is 1. The summed E-state index contributed by atoms with van der Waals surface area (Å²) in [5.74, 6) is -140. The van der Waals surface area contributed by atoms with Crippen LogP contribution in [-0.4, -0.2) is 114 Å². The Kier molecular flexibility index (Phi) is 15.0. The molecule has 0 aromatic heterocycles. The Morgan fingerprint density at radius 3 is 1.04 bits per heavy atom. The van der Waals surface area contributed by atoms with Crippen LogP contribution < -0.4 is 5.32 Å². The summed E-state index contributed by atoms with van der Waals surface area (Å²) >= 11 is 0. The van der Waals surface area contributed by atoms with Crippen molar-refractivity contribution in [3.63, 3.8) is 0 Å². The van der Waals surface area contributed by atoms with Crippen molar-refractivity contribution in [2.24, 2.45) is 9.98 Å². The molecule has 1 aromatic rings. The summed E-state index contributed by atoms with van der Waals surface area (Å²) in [6.45, 7) is -0.823. The van der Waals surface area contributed by atoms with Gasteiger partial charge in [-0.3, -0.25) is 9.59 Å². The maximum Gasteiger partial charge on any atom is 0.460 e. The molecule has 67 heavy (non-hydrogen) atoms. The number of ether oxygens (including phenoxy) is 1. The lowest BCUT2D eigenvalue weighted by Crippen LogP contribution is -2.79. The highest BCUT2D eigenvalue weighted by atomic mass is 19.4. The predicted molar refractivity (Wildman–Crippen MR) is 145 cm³/mol. The maximum absolute atomic E-state index is 15.7. The van der Waals surface area contributed by atoms with Crippen molar-refractivity contribution < 1.29 is 160 Å². The number of esters is 1. The number of rotatable bonds is 19. The molecular weight excluding hydrogens is 1050 g/mol. The molecule has 0 fully saturated rings. The van der Waals surface area contributed by atoms with E-state index in [9.17, 15) is 138 Å². The lowest BCUT2D eigenvalue weighted by Gasteiger charge is -2.46. The first-order valence-corrected chi connectivity index (χ1v) is 15.2. The van der Waals surface area contributed by atoms with E-state index in [1.54, 1.807) is 0 Å². The maximum atomic E-state index is 15.7. The van der Waals surface area contributed by atoms with Crippen LogP contribution >= 0.6 is 0 Å². The van der Waals surface area contributed by atoms with Gasteiger partial charge in [0.1, 0.15) is 0 Å². The quantitative estimate of drug-likeness (QED) is 0.0487. The van der Waals surface area contributed by atoms with Crippen molar-refractivity contribution in [1.82, 2.24) is 5.32 Å². The standard InChI is InChI=1S/C28H10F31N3O5/c1-7-3-9(60-4-63)11(10(12(7)61-5-64)13(66)62-6-67-8(2)65)14(29,30)15(31,32)16(33,34)17(35,36)18(37,38)19(39,40)20(41,42)21(43,44)22(45,46)23(47,48)24(49,50)25(51,52)26(53,54)27(55,56)28(57,58)59/h3H,6H2,1-2H3,(H,62,66). The fraction of sp³-hybridized carbons (Fsp3) is 0.643. The molecule has 0 radical (unpaired) electrons. The van der Waals surface area contributed by atoms with Crippen molar-refractivity contribution >= 4 is 35.4 Å². The van der Waals surface area contributed by atoms with Crippen LogP contribution in [0.25, 0.3) is 0 Å². The molecule has 0 bridgehead atoms. The number of hydrogen-bond donors (Lipinski definition) is 1. The largest absolute Gasteiger partial charge is 0.460 e. The fourth-order valence-corrected chi connectivity index (χ4v) is 4.65. The first-order chi connectivity index (χ1) is 29.1. The van der Waals surface area contributed by atoms with E-state index in [0.717, 1.165) is 5.32 Å². The molecule has 0 aliphatic heterocycles. The van der Waals surface area contributed by atoms with Gasteiger partial charge in [-0.25, -0.2) is 9.59 Å². The Labute approximate surface area is 344 Å². The molecule has 0 spiro atoms. The van der Waals surface area contributed by atoms with Crippen molar-refractivity contribution in [2.45, 2.75) is 103 Å². The zero-order valence-electron chi connectivity index (χ0n) is 30.4. The highest BCUT2D eigenvalue weighted by molar-refractivity contribution is 6.03. The molecule has 0 aliphatic rings. The number of hydrogen-bond acceptors (Lipinski definition) is 7. The number of carbonyl (C=O) groups excluding carboxylic acids is 4. The Morgan fingerprint density at radius 2 is 0.776 bits per heavy atom. The van der Waals surface area contributed by atoms with Gasteiger partial charge in [0.15, 0.2) is 6.73 Å². The number of aryl methyl sites for hydroxylation is 1. The van der Waals surface area contributed by atoms with Crippen LogP contribution in [0, 0.1) is 6.92 Å². The summed E-state index contributed by atoms with van der Waals surface area (Å²) in [7, 11) is 0. The van der Waals surface area contributed by atoms with Crippen LogP contribution in [0.5, 0.6) is 0 Å². The van der Waals surface area contributed by atoms with Crippen molar-refractivity contribution in [1.29, 1.82) is 0 Å². The lowest BCUT2D eigenvalue weighted by atomic mass is 9.82. The minimum absolute atomic E-state index is 0.114. The molecule has 0 aliphatic carbocycles. The monoisotopic (exact) mass is 1060 g/mol. The van der Waals surface area contributed by atoms with Gasteiger partial charge in [-0.1, -0.05) is 0 Å². The molecule has 384 valence electrons. The van der Waals surface area contributed by atoms with Gasteiger partial charge in [-0.05, 0) is 18.6 Å². The van der Waals surface area contributed by atoms with E-state index in [4.69, 9.17) is 0 Å². The van der Waals surface area contributed by atoms with E-state index < -0.39 is 136 Å². The number of isocyanates is 2. The Bertz CT molecular complexity index is 2190. The molecule has 0 unspecified atom stereocenters. The van der Waals surface area contributed by atoms with E-state index in [0.29, 0.717) is 19.9 Å². The van der Waals surface area contributed by atoms with Gasteiger partial charge in [0.05, 0.1) is 22.5 Å². The molecule has 1 N–H and O–H groups in total. The summed E-state index contributed by atoms with van der Waals surface area (Å²) in [5.41, 5.74) is -12.0. The van der Waals surface area contributed by atoms with E-state index in [-0.39, 0.29) is 12.1 Å². The van der Waals surface area contributed by atoms with Crippen LogP contribution in [0.4, 0.5) is 147 Å². The van der Waals surface area contributed by atoms with Gasteiger partial charge in [0.25, 0.3) is 5.91 Å². The molecule has 0 saturated carbocycles. The third-order valence-electron chi connectivity index (χ3n) is 8.32. The van der Waals surface area contributed by atoms with E-state index >= 15 is 17.6 Å². The smallest absolute Gasteiger partial charge is 0.445 e. The minimum Gasteiger partial charge on any atom is -0.445 e. The topological polar surface area (TPSA) is 114 Å². The van der Waals surface area contributed by atoms with E-state index in [2.05, 4.69) is 14.7 Å². The molecule has 1 rings (SSSR count). The second kappa shape index (κ2) is 16.8.